The van der Waals surface area contributed by atoms with Crippen LogP contribution in [0.1, 0.15) is 24.2 Å². The summed E-state index contributed by atoms with van der Waals surface area (Å²) in [6.45, 7) is 4.00. The molecule has 0 fully saturated rings. The lowest BCUT2D eigenvalue weighted by Crippen LogP contribution is -2.09. The standard InChI is InChI=1S/C15H10BClFN3O2.C2H6/c1-23-15(22)8-5-11-14(20-6-19-11)12(18)13(8)21-10-3-2-7(16)4-9(10)17;1-2/h2-6,21H,1H3,(H,19,20);1-2H3. The summed E-state index contributed by atoms with van der Waals surface area (Å²) in [6, 6.07) is 6.18. The van der Waals surface area contributed by atoms with Gasteiger partial charge in [-0.05, 0) is 18.2 Å². The van der Waals surface area contributed by atoms with Crippen LogP contribution in [-0.2, 0) is 4.74 Å². The number of aromatic amines is 1. The molecule has 0 spiro atoms. The van der Waals surface area contributed by atoms with Gasteiger partial charge in [0, 0.05) is 0 Å². The Hall–Kier alpha value is -2.54. The highest BCUT2D eigenvalue weighted by atomic mass is 35.5. The van der Waals surface area contributed by atoms with Crippen LogP contribution in [0.25, 0.3) is 11.0 Å². The van der Waals surface area contributed by atoms with Crippen molar-refractivity contribution in [1.82, 2.24) is 9.97 Å². The number of imidazole rings is 1. The molecule has 0 saturated carbocycles. The van der Waals surface area contributed by atoms with Gasteiger partial charge in [0.1, 0.15) is 13.4 Å². The lowest BCUT2D eigenvalue weighted by Gasteiger charge is -2.14. The first-order valence-electron chi connectivity index (χ1n) is 7.57. The van der Waals surface area contributed by atoms with E-state index in [1.54, 1.807) is 12.1 Å². The van der Waals surface area contributed by atoms with Crippen molar-refractivity contribution in [1.29, 1.82) is 0 Å². The van der Waals surface area contributed by atoms with Gasteiger partial charge in [-0.2, -0.15) is 0 Å². The second-order valence-corrected chi connectivity index (χ2v) is 5.17. The molecule has 3 aromatic rings. The molecule has 1 aromatic heterocycles. The summed E-state index contributed by atoms with van der Waals surface area (Å²) in [5, 5.41) is 3.11. The number of hydrogen-bond acceptors (Lipinski definition) is 4. The summed E-state index contributed by atoms with van der Waals surface area (Å²) in [4.78, 5) is 18.6. The van der Waals surface area contributed by atoms with Crippen LogP contribution in [0.4, 0.5) is 15.8 Å². The third kappa shape index (κ3) is 3.77. The number of nitrogens with zero attached hydrogens (tertiary/aromatic N) is 1. The normalized spacial score (nSPS) is 10.1. The average molecular weight is 360 g/mol. The Bertz CT molecular complexity index is 914. The smallest absolute Gasteiger partial charge is 0.340 e. The Balaban J connectivity index is 0.00000109. The van der Waals surface area contributed by atoms with Crippen molar-refractivity contribution in [2.45, 2.75) is 13.8 Å². The van der Waals surface area contributed by atoms with Crippen LogP contribution < -0.4 is 10.8 Å². The number of methoxy groups -OCH3 is 1. The first kappa shape index (κ1) is 18.8. The number of aromatic nitrogens is 2. The van der Waals surface area contributed by atoms with Gasteiger partial charge in [0.2, 0.25) is 0 Å². The second-order valence-electron chi connectivity index (χ2n) is 4.77. The molecule has 0 aliphatic heterocycles. The number of hydrogen-bond donors (Lipinski definition) is 2. The minimum atomic E-state index is -0.686. The van der Waals surface area contributed by atoms with Crippen molar-refractivity contribution < 1.29 is 13.9 Å². The molecule has 0 aliphatic carbocycles. The van der Waals surface area contributed by atoms with Crippen LogP contribution in [-0.4, -0.2) is 30.9 Å². The molecule has 0 amide bonds. The Morgan fingerprint density at radius 3 is 2.72 bits per heavy atom. The van der Waals surface area contributed by atoms with Gasteiger partial charge in [-0.25, -0.2) is 14.2 Å². The molecule has 0 unspecified atom stereocenters. The number of carbonyl (C=O) groups is 1. The van der Waals surface area contributed by atoms with E-state index in [1.807, 2.05) is 13.8 Å². The Labute approximate surface area is 151 Å². The number of benzene rings is 2. The molecule has 5 nitrogen and oxygen atoms in total. The molecule has 0 bridgehead atoms. The highest BCUT2D eigenvalue weighted by Crippen LogP contribution is 2.32. The quantitative estimate of drug-likeness (QED) is 0.553. The Morgan fingerprint density at radius 2 is 2.08 bits per heavy atom. The van der Waals surface area contributed by atoms with Crippen molar-refractivity contribution in [2.75, 3.05) is 12.4 Å². The number of rotatable bonds is 3. The molecule has 3 rings (SSSR count). The molecule has 1 heterocycles. The van der Waals surface area contributed by atoms with Crippen molar-refractivity contribution in [3.63, 3.8) is 0 Å². The third-order valence-electron chi connectivity index (χ3n) is 3.31. The van der Waals surface area contributed by atoms with Gasteiger partial charge in [-0.1, -0.05) is 37.0 Å². The van der Waals surface area contributed by atoms with E-state index in [-0.39, 0.29) is 16.8 Å². The van der Waals surface area contributed by atoms with Gasteiger partial charge in [-0.15, -0.1) is 0 Å². The topological polar surface area (TPSA) is 67.0 Å². The molecule has 8 heteroatoms. The number of carbonyl (C=O) groups excluding carboxylic acids is 1. The van der Waals surface area contributed by atoms with E-state index in [9.17, 15) is 9.18 Å². The van der Waals surface area contributed by atoms with Crippen molar-refractivity contribution >= 4 is 53.3 Å². The van der Waals surface area contributed by atoms with Gasteiger partial charge in [-0.3, -0.25) is 0 Å². The van der Waals surface area contributed by atoms with E-state index in [0.29, 0.717) is 21.7 Å². The zero-order valence-corrected chi connectivity index (χ0v) is 14.7. The maximum atomic E-state index is 14.7. The highest BCUT2D eigenvalue weighted by Gasteiger charge is 2.21. The third-order valence-corrected chi connectivity index (χ3v) is 3.63. The average Bonchev–Trinajstić information content (AvgIpc) is 3.09. The van der Waals surface area contributed by atoms with Gasteiger partial charge in [0.25, 0.3) is 0 Å². The predicted octanol–water partition coefficient (Wildman–Crippen LogP) is 3.71. The number of esters is 1. The van der Waals surface area contributed by atoms with Gasteiger partial charge < -0.3 is 15.0 Å². The maximum absolute atomic E-state index is 14.7. The Morgan fingerprint density at radius 1 is 1.36 bits per heavy atom. The van der Waals surface area contributed by atoms with Crippen LogP contribution in [0.15, 0.2) is 30.6 Å². The lowest BCUT2D eigenvalue weighted by atomic mass is 9.96. The van der Waals surface area contributed by atoms with Crippen molar-refractivity contribution in [3.8, 4) is 0 Å². The minimum absolute atomic E-state index is 0.0228. The molecule has 2 aromatic carbocycles. The molecular formula is C17H16BClFN3O2. The van der Waals surface area contributed by atoms with E-state index >= 15 is 0 Å². The van der Waals surface area contributed by atoms with Gasteiger partial charge in [0.15, 0.2) is 5.82 Å². The lowest BCUT2D eigenvalue weighted by molar-refractivity contribution is 0.0601. The maximum Gasteiger partial charge on any atom is 0.340 e. The monoisotopic (exact) mass is 359 g/mol. The first-order valence-corrected chi connectivity index (χ1v) is 7.95. The zero-order chi connectivity index (χ0) is 18.6. The highest BCUT2D eigenvalue weighted by molar-refractivity contribution is 6.37. The molecule has 2 radical (unpaired) electrons. The van der Waals surface area contributed by atoms with Crippen molar-refractivity contribution in [2.24, 2.45) is 0 Å². The molecular weight excluding hydrogens is 343 g/mol. The van der Waals surface area contributed by atoms with Crippen LogP contribution in [0.2, 0.25) is 5.02 Å². The number of anilines is 2. The summed E-state index contributed by atoms with van der Waals surface area (Å²) in [6.07, 6.45) is 1.34. The number of H-pyrrole nitrogens is 1. The molecule has 0 atom stereocenters. The number of halogens is 2. The van der Waals surface area contributed by atoms with Crippen LogP contribution in [0.5, 0.6) is 0 Å². The summed E-state index contributed by atoms with van der Waals surface area (Å²) >= 11 is 6.09. The van der Waals surface area contributed by atoms with E-state index in [2.05, 4.69) is 15.3 Å². The van der Waals surface area contributed by atoms with Crippen molar-refractivity contribution in [3.05, 3.63) is 47.0 Å². The zero-order valence-electron chi connectivity index (χ0n) is 14.0. The SMILES string of the molecule is CC.[B]c1ccc(Nc2c(C(=O)OC)cc3[nH]cnc3c2F)c(Cl)c1. The van der Waals surface area contributed by atoms with Gasteiger partial charge >= 0.3 is 5.97 Å². The minimum Gasteiger partial charge on any atom is -0.465 e. The fourth-order valence-electron chi connectivity index (χ4n) is 2.20. The largest absolute Gasteiger partial charge is 0.465 e. The fourth-order valence-corrected chi connectivity index (χ4v) is 2.44. The van der Waals surface area contributed by atoms with Crippen LogP contribution in [0.3, 0.4) is 0 Å². The first-order chi connectivity index (χ1) is 12.0. The van der Waals surface area contributed by atoms with Crippen LogP contribution >= 0.6 is 11.6 Å². The van der Waals surface area contributed by atoms with Crippen LogP contribution in [0, 0.1) is 5.82 Å². The molecule has 2 N–H and O–H groups in total. The number of fused-ring (bicyclic) bond motifs is 1. The summed E-state index contributed by atoms with van der Waals surface area (Å²) < 4.78 is 19.4. The molecule has 0 saturated heterocycles. The number of nitrogens with one attached hydrogen (secondary N) is 2. The number of ether oxygens (including phenoxy) is 1. The second kappa shape index (κ2) is 8.03. The predicted molar refractivity (Wildman–Crippen MR) is 98.9 cm³/mol. The van der Waals surface area contributed by atoms with Gasteiger partial charge in [0.05, 0.1) is 40.9 Å². The van der Waals surface area contributed by atoms with E-state index < -0.39 is 11.8 Å². The van der Waals surface area contributed by atoms with E-state index in [1.165, 1.54) is 25.6 Å². The Kier molecular flexibility index (Phi) is 6.04. The molecule has 25 heavy (non-hydrogen) atoms. The summed E-state index contributed by atoms with van der Waals surface area (Å²) in [5.74, 6) is -1.37. The molecule has 0 aliphatic rings. The van der Waals surface area contributed by atoms with E-state index in [4.69, 9.17) is 24.2 Å². The summed E-state index contributed by atoms with van der Waals surface area (Å²) in [5.41, 5.74) is 1.32. The van der Waals surface area contributed by atoms with E-state index in [0.717, 1.165) is 0 Å². The summed E-state index contributed by atoms with van der Waals surface area (Å²) in [7, 11) is 6.86. The fraction of sp³-hybridized carbons (Fsp3) is 0.176. The molecule has 128 valence electrons.